The van der Waals surface area contributed by atoms with Crippen molar-refractivity contribution in [2.24, 2.45) is 0 Å². The zero-order chi connectivity index (χ0) is 15.8. The topological polar surface area (TPSA) is 81.9 Å². The molecule has 0 aliphatic rings. The van der Waals surface area contributed by atoms with E-state index in [1.54, 1.807) is 24.1 Å². The quantitative estimate of drug-likeness (QED) is 0.611. The molecule has 116 valence electrons. The summed E-state index contributed by atoms with van der Waals surface area (Å²) in [6, 6.07) is 4.57. The van der Waals surface area contributed by atoms with E-state index in [4.69, 9.17) is 10.5 Å². The molecule has 0 aromatic heterocycles. The molecule has 0 bridgehead atoms. The zero-order valence-corrected chi connectivity index (χ0v) is 12.7. The Bertz CT molecular complexity index is 502. The highest BCUT2D eigenvalue weighted by molar-refractivity contribution is 5.90. The van der Waals surface area contributed by atoms with Gasteiger partial charge in [-0.05, 0) is 24.6 Å². The van der Waals surface area contributed by atoms with E-state index < -0.39 is 5.97 Å². The van der Waals surface area contributed by atoms with E-state index in [1.807, 2.05) is 0 Å². The molecule has 6 heteroatoms. The number of nitrogen functional groups attached to an aromatic ring is 1. The highest BCUT2D eigenvalue weighted by atomic mass is 16.5. The summed E-state index contributed by atoms with van der Waals surface area (Å²) >= 11 is 0. The fraction of sp³-hybridized carbons (Fsp3) is 0.467. The number of carbonyl (C=O) groups is 2. The molecular formula is C15H22N2O4. The Balaban J connectivity index is 2.66. The molecule has 1 rings (SSSR count). The number of hydrogen-bond donors (Lipinski definition) is 1. The van der Waals surface area contributed by atoms with Crippen molar-refractivity contribution < 1.29 is 19.1 Å². The molecule has 6 nitrogen and oxygen atoms in total. The third-order valence-corrected chi connectivity index (χ3v) is 3.06. The Labute approximate surface area is 124 Å². The number of anilines is 1. The highest BCUT2D eigenvalue weighted by Crippen LogP contribution is 2.23. The van der Waals surface area contributed by atoms with Gasteiger partial charge >= 0.3 is 5.97 Å². The van der Waals surface area contributed by atoms with Crippen LogP contribution in [-0.4, -0.2) is 44.1 Å². The van der Waals surface area contributed by atoms with Crippen molar-refractivity contribution in [3.8, 4) is 5.75 Å². The van der Waals surface area contributed by atoms with E-state index in [1.165, 1.54) is 13.2 Å². The van der Waals surface area contributed by atoms with Crippen LogP contribution < -0.4 is 10.5 Å². The summed E-state index contributed by atoms with van der Waals surface area (Å²) in [6.45, 7) is 2.64. The number of amides is 1. The smallest absolute Gasteiger partial charge is 0.337 e. The molecular weight excluding hydrogens is 272 g/mol. The van der Waals surface area contributed by atoms with Crippen LogP contribution in [0.4, 0.5) is 5.69 Å². The van der Waals surface area contributed by atoms with Crippen LogP contribution in [0.3, 0.4) is 0 Å². The summed E-state index contributed by atoms with van der Waals surface area (Å²) in [5, 5.41) is 0. The number of hydrogen-bond acceptors (Lipinski definition) is 5. The largest absolute Gasteiger partial charge is 0.482 e. The summed E-state index contributed by atoms with van der Waals surface area (Å²) in [5.74, 6) is -0.312. The molecule has 0 heterocycles. The molecule has 0 saturated carbocycles. The summed E-state index contributed by atoms with van der Waals surface area (Å²) in [6.07, 6.45) is 1.97. The Morgan fingerprint density at radius 1 is 1.33 bits per heavy atom. The Morgan fingerprint density at radius 3 is 2.67 bits per heavy atom. The van der Waals surface area contributed by atoms with E-state index in [0.29, 0.717) is 23.5 Å². The van der Waals surface area contributed by atoms with Crippen LogP contribution in [0.5, 0.6) is 5.75 Å². The van der Waals surface area contributed by atoms with Gasteiger partial charge in [-0.25, -0.2) is 4.79 Å². The number of rotatable bonds is 7. The van der Waals surface area contributed by atoms with E-state index in [0.717, 1.165) is 12.8 Å². The molecule has 0 fully saturated rings. The first kappa shape index (κ1) is 16.8. The van der Waals surface area contributed by atoms with Crippen molar-refractivity contribution in [2.45, 2.75) is 19.8 Å². The third kappa shape index (κ3) is 4.98. The number of benzene rings is 1. The van der Waals surface area contributed by atoms with Gasteiger partial charge in [0.25, 0.3) is 5.91 Å². The molecule has 0 aliphatic carbocycles. The average Bonchev–Trinajstić information content (AvgIpc) is 2.50. The second-order valence-electron chi connectivity index (χ2n) is 4.70. The van der Waals surface area contributed by atoms with Crippen molar-refractivity contribution in [1.29, 1.82) is 0 Å². The van der Waals surface area contributed by atoms with Gasteiger partial charge in [0, 0.05) is 13.6 Å². The number of nitrogens with zero attached hydrogens (tertiary/aromatic N) is 1. The molecule has 0 aliphatic heterocycles. The molecule has 0 atom stereocenters. The van der Waals surface area contributed by atoms with Crippen LogP contribution in [0.1, 0.15) is 30.1 Å². The maximum absolute atomic E-state index is 11.9. The first-order valence-corrected chi connectivity index (χ1v) is 6.84. The minimum atomic E-state index is -0.480. The van der Waals surface area contributed by atoms with Crippen molar-refractivity contribution in [2.75, 3.05) is 33.0 Å². The lowest BCUT2D eigenvalue weighted by Crippen LogP contribution is -2.32. The van der Waals surface area contributed by atoms with Crippen LogP contribution in [-0.2, 0) is 9.53 Å². The van der Waals surface area contributed by atoms with E-state index in [9.17, 15) is 9.59 Å². The number of likely N-dealkylation sites (N-methyl/N-ethyl adjacent to an activating group) is 1. The molecule has 21 heavy (non-hydrogen) atoms. The number of nitrogens with two attached hydrogens (primary N) is 1. The van der Waals surface area contributed by atoms with Gasteiger partial charge in [0.05, 0.1) is 18.4 Å². The SMILES string of the molecule is CCCCN(C)C(=O)COc1cc(C(=O)OC)ccc1N. The Hall–Kier alpha value is -2.24. The summed E-state index contributed by atoms with van der Waals surface area (Å²) < 4.78 is 10.0. The summed E-state index contributed by atoms with van der Waals surface area (Å²) in [5.41, 5.74) is 6.47. The van der Waals surface area contributed by atoms with Crippen LogP contribution in [0.15, 0.2) is 18.2 Å². The third-order valence-electron chi connectivity index (χ3n) is 3.06. The van der Waals surface area contributed by atoms with Gasteiger partial charge in [-0.1, -0.05) is 13.3 Å². The summed E-state index contributed by atoms with van der Waals surface area (Å²) in [7, 11) is 3.03. The fourth-order valence-corrected chi connectivity index (χ4v) is 1.67. The monoisotopic (exact) mass is 294 g/mol. The van der Waals surface area contributed by atoms with Crippen molar-refractivity contribution in [3.63, 3.8) is 0 Å². The first-order chi connectivity index (χ1) is 9.99. The van der Waals surface area contributed by atoms with Gasteiger partial charge in [-0.15, -0.1) is 0 Å². The van der Waals surface area contributed by atoms with Gasteiger partial charge in [0.2, 0.25) is 0 Å². The van der Waals surface area contributed by atoms with Crippen molar-refractivity contribution >= 4 is 17.6 Å². The molecule has 1 aromatic carbocycles. The van der Waals surface area contributed by atoms with Gasteiger partial charge in [-0.2, -0.15) is 0 Å². The molecule has 0 unspecified atom stereocenters. The van der Waals surface area contributed by atoms with Crippen LogP contribution >= 0.6 is 0 Å². The minimum absolute atomic E-state index is 0.116. The lowest BCUT2D eigenvalue weighted by atomic mass is 10.2. The van der Waals surface area contributed by atoms with Crippen molar-refractivity contribution in [1.82, 2.24) is 4.90 Å². The van der Waals surface area contributed by atoms with E-state index in [-0.39, 0.29) is 12.5 Å². The standard InChI is InChI=1S/C15H22N2O4/c1-4-5-8-17(2)14(18)10-21-13-9-11(15(19)20-3)6-7-12(13)16/h6-7,9H,4-5,8,10,16H2,1-3H3. The second kappa shape index (κ2) is 8.14. The highest BCUT2D eigenvalue weighted by Gasteiger charge is 2.12. The lowest BCUT2D eigenvalue weighted by Gasteiger charge is -2.17. The zero-order valence-electron chi connectivity index (χ0n) is 12.7. The lowest BCUT2D eigenvalue weighted by molar-refractivity contribution is -0.132. The molecule has 1 aromatic rings. The number of unbranched alkanes of at least 4 members (excludes halogenated alkanes) is 1. The predicted octanol–water partition coefficient (Wildman–Crippen LogP) is 1.69. The number of methoxy groups -OCH3 is 1. The van der Waals surface area contributed by atoms with Crippen LogP contribution in [0, 0.1) is 0 Å². The van der Waals surface area contributed by atoms with E-state index >= 15 is 0 Å². The first-order valence-electron chi connectivity index (χ1n) is 6.84. The molecule has 1 amide bonds. The molecule has 0 radical (unpaired) electrons. The Morgan fingerprint density at radius 2 is 2.05 bits per heavy atom. The van der Waals surface area contributed by atoms with Gasteiger partial charge in [0.15, 0.2) is 6.61 Å². The summed E-state index contributed by atoms with van der Waals surface area (Å²) in [4.78, 5) is 24.9. The van der Waals surface area contributed by atoms with Gasteiger partial charge in [-0.3, -0.25) is 4.79 Å². The van der Waals surface area contributed by atoms with Gasteiger partial charge in [0.1, 0.15) is 5.75 Å². The average molecular weight is 294 g/mol. The van der Waals surface area contributed by atoms with Crippen LogP contribution in [0.2, 0.25) is 0 Å². The molecule has 0 spiro atoms. The Kier molecular flexibility index (Phi) is 6.52. The van der Waals surface area contributed by atoms with Crippen LogP contribution in [0.25, 0.3) is 0 Å². The van der Waals surface area contributed by atoms with Crippen molar-refractivity contribution in [3.05, 3.63) is 23.8 Å². The minimum Gasteiger partial charge on any atom is -0.482 e. The second-order valence-corrected chi connectivity index (χ2v) is 4.70. The maximum atomic E-state index is 11.9. The number of ether oxygens (including phenoxy) is 2. The van der Waals surface area contributed by atoms with E-state index in [2.05, 4.69) is 11.7 Å². The number of carbonyl (C=O) groups excluding carboxylic acids is 2. The van der Waals surface area contributed by atoms with Gasteiger partial charge < -0.3 is 20.1 Å². The normalized spacial score (nSPS) is 10.0. The predicted molar refractivity (Wildman–Crippen MR) is 80.2 cm³/mol. The molecule has 2 N–H and O–H groups in total. The number of esters is 1. The maximum Gasteiger partial charge on any atom is 0.337 e. The fourth-order valence-electron chi connectivity index (χ4n) is 1.67. The molecule has 0 saturated heterocycles.